The Labute approximate surface area is 128 Å². The van der Waals surface area contributed by atoms with Gasteiger partial charge >= 0.3 is 0 Å². The summed E-state index contributed by atoms with van der Waals surface area (Å²) < 4.78 is 0. The lowest BCUT2D eigenvalue weighted by atomic mass is 9.93. The first kappa shape index (κ1) is 15.7. The van der Waals surface area contributed by atoms with Gasteiger partial charge in [-0.15, -0.1) is 0 Å². The molecule has 1 fully saturated rings. The smallest absolute Gasteiger partial charge is 0.300 e. The molecule has 0 aliphatic heterocycles. The van der Waals surface area contributed by atoms with Crippen LogP contribution in [0.1, 0.15) is 43.5 Å². The first-order valence-corrected chi connectivity index (χ1v) is 7.42. The molecule has 0 aromatic carbocycles. The summed E-state index contributed by atoms with van der Waals surface area (Å²) in [6.07, 6.45) is 4.07. The Morgan fingerprint density at radius 2 is 2.29 bits per heavy atom. The lowest BCUT2D eigenvalue weighted by Crippen LogP contribution is -2.37. The third-order valence-electron chi connectivity index (χ3n) is 4.36. The van der Waals surface area contributed by atoms with E-state index in [9.17, 15) is 14.9 Å². The monoisotopic (exact) mass is 311 g/mol. The lowest BCUT2D eigenvalue weighted by molar-refractivity contribution is -0.385. The molecule has 1 amide bonds. The van der Waals surface area contributed by atoms with Crippen LogP contribution in [0.3, 0.4) is 0 Å². The molecule has 1 aliphatic carbocycles. The fourth-order valence-corrected chi connectivity index (χ4v) is 3.18. The summed E-state index contributed by atoms with van der Waals surface area (Å²) in [5.74, 6) is 0.501. The van der Waals surface area contributed by atoms with Crippen molar-refractivity contribution < 1.29 is 9.72 Å². The van der Waals surface area contributed by atoms with Gasteiger partial charge in [0.1, 0.15) is 16.9 Å². The second-order valence-corrected chi connectivity index (χ2v) is 5.85. The molecule has 0 radical (unpaired) electrons. The van der Waals surface area contributed by atoms with Crippen LogP contribution in [-0.2, 0) is 0 Å². The van der Waals surface area contributed by atoms with Crippen LogP contribution in [0.25, 0.3) is 0 Å². The number of nitrogens with one attached hydrogen (secondary N) is 1. The number of aromatic nitrogens is 1. The summed E-state index contributed by atoms with van der Waals surface area (Å²) in [6, 6.07) is 1.29. The van der Waals surface area contributed by atoms with Crippen LogP contribution in [0.15, 0.2) is 12.3 Å². The van der Waals surface area contributed by atoms with E-state index in [1.807, 2.05) is 0 Å². The highest BCUT2D eigenvalue weighted by atomic mass is 35.5. The van der Waals surface area contributed by atoms with Crippen molar-refractivity contribution in [2.45, 2.75) is 39.2 Å². The number of rotatable bonds is 4. The van der Waals surface area contributed by atoms with E-state index in [1.54, 1.807) is 0 Å². The molecule has 1 aliphatic rings. The van der Waals surface area contributed by atoms with Crippen LogP contribution >= 0.6 is 11.6 Å². The number of halogens is 1. The van der Waals surface area contributed by atoms with Gasteiger partial charge in [-0.3, -0.25) is 14.9 Å². The molecule has 1 aromatic heterocycles. The Bertz CT molecular complexity index is 564. The molecule has 114 valence electrons. The van der Waals surface area contributed by atoms with Crippen molar-refractivity contribution in [2.24, 2.45) is 11.8 Å². The van der Waals surface area contributed by atoms with Crippen molar-refractivity contribution in [2.75, 3.05) is 0 Å². The molecule has 1 saturated carbocycles. The van der Waals surface area contributed by atoms with E-state index in [4.69, 9.17) is 11.6 Å². The van der Waals surface area contributed by atoms with Gasteiger partial charge in [0.15, 0.2) is 0 Å². The molecule has 6 nitrogen and oxygen atoms in total. The molecule has 0 spiro atoms. The largest absolute Gasteiger partial charge is 0.349 e. The first-order chi connectivity index (χ1) is 9.93. The summed E-state index contributed by atoms with van der Waals surface area (Å²) >= 11 is 5.74. The third kappa shape index (κ3) is 3.32. The number of nitro groups is 1. The highest BCUT2D eigenvalue weighted by molar-refractivity contribution is 6.29. The quantitative estimate of drug-likeness (QED) is 0.525. The van der Waals surface area contributed by atoms with Crippen LogP contribution in [0.5, 0.6) is 0 Å². The number of hydrogen-bond donors (Lipinski definition) is 1. The topological polar surface area (TPSA) is 85.1 Å². The van der Waals surface area contributed by atoms with Crippen molar-refractivity contribution in [1.82, 2.24) is 10.3 Å². The fraction of sp³-hybridized carbons (Fsp3) is 0.571. The summed E-state index contributed by atoms with van der Waals surface area (Å²) in [7, 11) is 0. The van der Waals surface area contributed by atoms with Crippen molar-refractivity contribution >= 4 is 23.2 Å². The SMILES string of the molecule is CCC1CCC(NC(=O)c2cc(Cl)ncc2[N+](=O)[O-])C1C. The zero-order valence-electron chi connectivity index (χ0n) is 12.0. The van der Waals surface area contributed by atoms with E-state index in [-0.39, 0.29) is 22.4 Å². The Hall–Kier alpha value is -1.69. The number of carbonyl (C=O) groups excluding carboxylic acids is 1. The second-order valence-electron chi connectivity index (χ2n) is 5.47. The van der Waals surface area contributed by atoms with Gasteiger partial charge in [-0.05, 0) is 30.7 Å². The molecule has 2 rings (SSSR count). The van der Waals surface area contributed by atoms with Crippen molar-refractivity contribution in [1.29, 1.82) is 0 Å². The minimum atomic E-state index is -0.620. The average molecular weight is 312 g/mol. The van der Waals surface area contributed by atoms with Crippen LogP contribution in [0.4, 0.5) is 5.69 Å². The van der Waals surface area contributed by atoms with E-state index in [0.717, 1.165) is 25.5 Å². The molecular weight excluding hydrogens is 294 g/mol. The van der Waals surface area contributed by atoms with E-state index in [1.165, 1.54) is 6.07 Å². The fourth-order valence-electron chi connectivity index (χ4n) is 3.02. The van der Waals surface area contributed by atoms with E-state index >= 15 is 0 Å². The predicted octanol–water partition coefficient (Wildman–Crippen LogP) is 3.20. The van der Waals surface area contributed by atoms with Crippen LogP contribution in [0, 0.1) is 22.0 Å². The maximum absolute atomic E-state index is 12.3. The van der Waals surface area contributed by atoms with Gasteiger partial charge in [-0.25, -0.2) is 4.98 Å². The molecule has 7 heteroatoms. The van der Waals surface area contributed by atoms with Gasteiger partial charge in [0, 0.05) is 6.04 Å². The zero-order valence-corrected chi connectivity index (χ0v) is 12.8. The van der Waals surface area contributed by atoms with Gasteiger partial charge in [-0.2, -0.15) is 0 Å². The maximum Gasteiger partial charge on any atom is 0.300 e. The van der Waals surface area contributed by atoms with Crippen LogP contribution in [0.2, 0.25) is 5.15 Å². The Morgan fingerprint density at radius 1 is 1.57 bits per heavy atom. The van der Waals surface area contributed by atoms with Crippen molar-refractivity contribution in [3.63, 3.8) is 0 Å². The van der Waals surface area contributed by atoms with E-state index in [2.05, 4.69) is 24.1 Å². The first-order valence-electron chi connectivity index (χ1n) is 7.04. The van der Waals surface area contributed by atoms with Gasteiger partial charge in [0.25, 0.3) is 11.6 Å². The zero-order chi connectivity index (χ0) is 15.6. The van der Waals surface area contributed by atoms with Crippen LogP contribution in [-0.4, -0.2) is 21.9 Å². The Morgan fingerprint density at radius 3 is 2.86 bits per heavy atom. The minimum absolute atomic E-state index is 0.0350. The number of nitrogens with zero attached hydrogens (tertiary/aromatic N) is 2. The average Bonchev–Trinajstić information content (AvgIpc) is 2.79. The molecule has 1 N–H and O–H groups in total. The summed E-state index contributed by atoms with van der Waals surface area (Å²) in [6.45, 7) is 4.25. The van der Waals surface area contributed by atoms with E-state index < -0.39 is 10.8 Å². The minimum Gasteiger partial charge on any atom is -0.349 e. The summed E-state index contributed by atoms with van der Waals surface area (Å²) in [4.78, 5) is 26.3. The normalized spacial score (nSPS) is 24.8. The van der Waals surface area contributed by atoms with Gasteiger partial charge in [0.05, 0.1) is 4.92 Å². The number of carbonyl (C=O) groups is 1. The molecule has 3 atom stereocenters. The number of hydrogen-bond acceptors (Lipinski definition) is 4. The van der Waals surface area contributed by atoms with Crippen molar-refractivity contribution in [3.05, 3.63) is 33.1 Å². The lowest BCUT2D eigenvalue weighted by Gasteiger charge is -2.21. The number of amides is 1. The number of pyridine rings is 1. The Kier molecular flexibility index (Phi) is 4.77. The van der Waals surface area contributed by atoms with Gasteiger partial charge in [-0.1, -0.05) is 31.9 Å². The highest BCUT2D eigenvalue weighted by Crippen LogP contribution is 2.34. The molecule has 3 unspecified atom stereocenters. The molecule has 21 heavy (non-hydrogen) atoms. The third-order valence-corrected chi connectivity index (χ3v) is 4.57. The second kappa shape index (κ2) is 6.39. The molecule has 0 saturated heterocycles. The van der Waals surface area contributed by atoms with Gasteiger partial charge in [0.2, 0.25) is 0 Å². The standard InChI is InChI=1S/C14H18ClN3O3/c1-3-9-4-5-11(8(9)2)17-14(19)10-6-13(15)16-7-12(10)18(20)21/h6-9,11H,3-5H2,1-2H3,(H,17,19). The molecular formula is C14H18ClN3O3. The molecule has 1 heterocycles. The molecule has 1 aromatic rings. The predicted molar refractivity (Wildman–Crippen MR) is 79.3 cm³/mol. The summed E-state index contributed by atoms with van der Waals surface area (Å²) in [5.41, 5.74) is -0.360. The highest BCUT2D eigenvalue weighted by Gasteiger charge is 2.33. The maximum atomic E-state index is 12.3. The van der Waals surface area contributed by atoms with Gasteiger partial charge < -0.3 is 5.32 Å². The van der Waals surface area contributed by atoms with E-state index in [0.29, 0.717) is 11.8 Å². The molecule has 0 bridgehead atoms. The van der Waals surface area contributed by atoms with Crippen LogP contribution < -0.4 is 5.32 Å². The van der Waals surface area contributed by atoms with Crippen molar-refractivity contribution in [3.8, 4) is 0 Å². The summed E-state index contributed by atoms with van der Waals surface area (Å²) in [5, 5.41) is 13.9. The Balaban J connectivity index is 2.18.